The summed E-state index contributed by atoms with van der Waals surface area (Å²) in [6.45, 7) is 8.07. The van der Waals surface area contributed by atoms with Crippen molar-refractivity contribution in [2.75, 3.05) is 5.73 Å². The molecule has 16 heavy (non-hydrogen) atoms. The summed E-state index contributed by atoms with van der Waals surface area (Å²) in [6, 6.07) is 7.06. The highest BCUT2D eigenvalue weighted by Gasteiger charge is 2.29. The summed E-state index contributed by atoms with van der Waals surface area (Å²) in [4.78, 5) is 0. The van der Waals surface area contributed by atoms with Crippen LogP contribution in [0, 0.1) is 5.92 Å². The third-order valence-corrected chi connectivity index (χ3v) is 3.03. The zero-order chi connectivity index (χ0) is 12.3. The van der Waals surface area contributed by atoms with Gasteiger partial charge in [-0.25, -0.2) is 0 Å². The molecule has 0 saturated heterocycles. The van der Waals surface area contributed by atoms with Gasteiger partial charge in [0.2, 0.25) is 0 Å². The number of nitrogen functional groups attached to an aromatic ring is 1. The normalized spacial score (nSPS) is 11.9. The molecule has 0 saturated carbocycles. The lowest BCUT2D eigenvalue weighted by Gasteiger charge is -2.31. The Hall–Kier alpha value is -0.995. The lowest BCUT2D eigenvalue weighted by molar-refractivity contribution is 0.0423. The fraction of sp³-hybridized carbons (Fsp3) is 0.500. The molecule has 0 radical (unpaired) electrons. The minimum Gasteiger partial charge on any atom is -0.423 e. The van der Waals surface area contributed by atoms with Gasteiger partial charge in [0.1, 0.15) is 0 Å². The van der Waals surface area contributed by atoms with Crippen LogP contribution in [-0.4, -0.2) is 17.7 Å². The molecule has 0 aliphatic carbocycles. The first-order chi connectivity index (χ1) is 7.33. The Kier molecular flexibility index (Phi) is 4.00. The van der Waals surface area contributed by atoms with E-state index in [9.17, 15) is 5.02 Å². The predicted octanol–water partition coefficient (Wildman–Crippen LogP) is 1.41. The van der Waals surface area contributed by atoms with Crippen LogP contribution in [0.4, 0.5) is 5.69 Å². The Labute approximate surface area is 97.8 Å². The molecule has 0 unspecified atom stereocenters. The van der Waals surface area contributed by atoms with E-state index in [2.05, 4.69) is 13.8 Å². The van der Waals surface area contributed by atoms with Gasteiger partial charge in [0.25, 0.3) is 0 Å². The minimum atomic E-state index is -0.905. The summed E-state index contributed by atoms with van der Waals surface area (Å²) in [5, 5.41) is 9.93. The minimum absolute atomic E-state index is 0.330. The van der Waals surface area contributed by atoms with Crippen molar-refractivity contribution in [1.29, 1.82) is 0 Å². The Balaban J connectivity index is 2.72. The van der Waals surface area contributed by atoms with Crippen molar-refractivity contribution in [2.45, 2.75) is 33.3 Å². The number of rotatable bonds is 4. The largest absolute Gasteiger partial charge is 0.491 e. The maximum atomic E-state index is 9.93. The van der Waals surface area contributed by atoms with E-state index in [-0.39, 0.29) is 5.60 Å². The van der Waals surface area contributed by atoms with Gasteiger partial charge in [0, 0.05) is 5.69 Å². The second-order valence-corrected chi connectivity index (χ2v) is 4.90. The fourth-order valence-corrected chi connectivity index (χ4v) is 1.15. The molecule has 0 aromatic heterocycles. The molecule has 0 bridgehead atoms. The van der Waals surface area contributed by atoms with Gasteiger partial charge < -0.3 is 15.4 Å². The number of benzene rings is 1. The molecule has 0 amide bonds. The van der Waals surface area contributed by atoms with E-state index >= 15 is 0 Å². The number of hydrogen-bond acceptors (Lipinski definition) is 3. The van der Waals surface area contributed by atoms with Crippen molar-refractivity contribution < 1.29 is 9.68 Å². The van der Waals surface area contributed by atoms with Crippen LogP contribution < -0.4 is 11.2 Å². The van der Waals surface area contributed by atoms with Crippen LogP contribution in [0.2, 0.25) is 0 Å². The molecule has 0 aliphatic heterocycles. The number of nitrogens with two attached hydrogens (primary N) is 1. The van der Waals surface area contributed by atoms with Gasteiger partial charge in [-0.05, 0) is 37.4 Å². The van der Waals surface area contributed by atoms with Crippen LogP contribution >= 0.6 is 0 Å². The third-order valence-electron chi connectivity index (χ3n) is 3.03. The zero-order valence-corrected chi connectivity index (χ0v) is 10.4. The van der Waals surface area contributed by atoms with Crippen LogP contribution in [0.5, 0.6) is 0 Å². The van der Waals surface area contributed by atoms with Crippen LogP contribution in [0.25, 0.3) is 0 Å². The van der Waals surface area contributed by atoms with Gasteiger partial charge in [-0.15, -0.1) is 0 Å². The van der Waals surface area contributed by atoms with Gasteiger partial charge >= 0.3 is 7.12 Å². The molecule has 0 fully saturated rings. The molecule has 1 aromatic rings. The average molecular weight is 221 g/mol. The maximum absolute atomic E-state index is 9.93. The number of hydrogen-bond donors (Lipinski definition) is 2. The summed E-state index contributed by atoms with van der Waals surface area (Å²) >= 11 is 0. The van der Waals surface area contributed by atoms with E-state index in [1.54, 1.807) is 24.3 Å². The molecule has 4 heteroatoms. The van der Waals surface area contributed by atoms with E-state index in [0.717, 1.165) is 5.46 Å². The SMILES string of the molecule is CC(C)C(C)(C)OB(O)c1ccc(N)cc1. The molecule has 0 spiro atoms. The van der Waals surface area contributed by atoms with E-state index in [1.807, 2.05) is 13.8 Å². The van der Waals surface area contributed by atoms with Crippen molar-refractivity contribution in [3.05, 3.63) is 24.3 Å². The Morgan fingerprint density at radius 2 is 1.75 bits per heavy atom. The second kappa shape index (κ2) is 4.89. The summed E-state index contributed by atoms with van der Waals surface area (Å²) in [5.41, 5.74) is 6.62. The molecular weight excluding hydrogens is 201 g/mol. The number of anilines is 1. The molecule has 3 N–H and O–H groups in total. The predicted molar refractivity (Wildman–Crippen MR) is 68.5 cm³/mol. The van der Waals surface area contributed by atoms with Crippen LogP contribution in [0.15, 0.2) is 24.3 Å². The van der Waals surface area contributed by atoms with Crippen LogP contribution in [0.3, 0.4) is 0 Å². The van der Waals surface area contributed by atoms with Crippen molar-refractivity contribution >= 4 is 18.3 Å². The molecular formula is C12H20BNO2. The average Bonchev–Trinajstić information content (AvgIpc) is 2.17. The van der Waals surface area contributed by atoms with Crippen molar-refractivity contribution in [3.63, 3.8) is 0 Å². The van der Waals surface area contributed by atoms with Crippen LogP contribution in [-0.2, 0) is 4.65 Å². The van der Waals surface area contributed by atoms with Gasteiger partial charge in [-0.2, -0.15) is 0 Å². The van der Waals surface area contributed by atoms with E-state index in [0.29, 0.717) is 11.6 Å². The standard InChI is InChI=1S/C12H20BNO2/c1-9(2)12(3,4)16-13(15)10-5-7-11(14)8-6-10/h5-9,15H,14H2,1-4H3. The zero-order valence-electron chi connectivity index (χ0n) is 10.4. The van der Waals surface area contributed by atoms with Crippen molar-refractivity contribution in [2.24, 2.45) is 5.92 Å². The highest BCUT2D eigenvalue weighted by molar-refractivity contribution is 6.60. The monoisotopic (exact) mass is 221 g/mol. The van der Waals surface area contributed by atoms with Gasteiger partial charge in [0.15, 0.2) is 0 Å². The Bertz CT molecular complexity index is 335. The van der Waals surface area contributed by atoms with E-state index in [4.69, 9.17) is 10.4 Å². The third kappa shape index (κ3) is 3.25. The molecule has 0 heterocycles. The summed E-state index contributed by atoms with van der Waals surface area (Å²) < 4.78 is 5.64. The summed E-state index contributed by atoms with van der Waals surface area (Å²) in [7, 11) is -0.905. The highest BCUT2D eigenvalue weighted by Crippen LogP contribution is 2.20. The molecule has 88 valence electrons. The lowest BCUT2D eigenvalue weighted by Crippen LogP contribution is -2.44. The molecule has 3 nitrogen and oxygen atoms in total. The first-order valence-corrected chi connectivity index (χ1v) is 5.54. The summed E-state index contributed by atoms with van der Waals surface area (Å²) in [5.74, 6) is 0.330. The van der Waals surface area contributed by atoms with E-state index in [1.165, 1.54) is 0 Å². The fourth-order valence-electron chi connectivity index (χ4n) is 1.15. The van der Waals surface area contributed by atoms with Gasteiger partial charge in [-0.3, -0.25) is 0 Å². The van der Waals surface area contributed by atoms with Crippen LogP contribution in [0.1, 0.15) is 27.7 Å². The Morgan fingerprint density at radius 1 is 1.25 bits per heavy atom. The first kappa shape index (κ1) is 13.1. The maximum Gasteiger partial charge on any atom is 0.491 e. The quantitative estimate of drug-likeness (QED) is 0.597. The molecule has 1 rings (SSSR count). The lowest BCUT2D eigenvalue weighted by atomic mass is 9.77. The van der Waals surface area contributed by atoms with Gasteiger partial charge in [-0.1, -0.05) is 26.0 Å². The first-order valence-electron chi connectivity index (χ1n) is 5.54. The van der Waals surface area contributed by atoms with Crippen molar-refractivity contribution in [1.82, 2.24) is 0 Å². The molecule has 0 atom stereocenters. The van der Waals surface area contributed by atoms with Crippen molar-refractivity contribution in [3.8, 4) is 0 Å². The smallest absolute Gasteiger partial charge is 0.423 e. The second-order valence-electron chi connectivity index (χ2n) is 4.90. The van der Waals surface area contributed by atoms with Gasteiger partial charge in [0.05, 0.1) is 5.60 Å². The highest BCUT2D eigenvalue weighted by atomic mass is 16.5. The summed E-state index contributed by atoms with van der Waals surface area (Å²) in [6.07, 6.45) is 0. The van der Waals surface area contributed by atoms with E-state index < -0.39 is 7.12 Å². The Morgan fingerprint density at radius 3 is 2.19 bits per heavy atom. The molecule has 0 aliphatic rings. The topological polar surface area (TPSA) is 55.5 Å². The molecule has 1 aromatic carbocycles.